The predicted octanol–water partition coefficient (Wildman–Crippen LogP) is 2.08. The van der Waals surface area contributed by atoms with Crippen molar-refractivity contribution in [3.05, 3.63) is 28.7 Å². The molecule has 5 nitrogen and oxygen atoms in total. The van der Waals surface area contributed by atoms with Crippen molar-refractivity contribution in [1.29, 1.82) is 0 Å². The van der Waals surface area contributed by atoms with Crippen LogP contribution in [0, 0.1) is 0 Å². The van der Waals surface area contributed by atoms with Crippen LogP contribution in [0.3, 0.4) is 0 Å². The first-order valence-corrected chi connectivity index (χ1v) is 8.14. The fourth-order valence-electron chi connectivity index (χ4n) is 2.29. The van der Waals surface area contributed by atoms with Crippen molar-refractivity contribution in [2.75, 3.05) is 6.54 Å². The Morgan fingerprint density at radius 3 is 2.84 bits per heavy atom. The van der Waals surface area contributed by atoms with E-state index >= 15 is 0 Å². The van der Waals surface area contributed by atoms with Gasteiger partial charge < -0.3 is 5.11 Å². The maximum atomic E-state index is 12.5. The number of benzene rings is 1. The Kier molecular flexibility index (Phi) is 4.27. The van der Waals surface area contributed by atoms with Crippen LogP contribution in [0.4, 0.5) is 0 Å². The maximum Gasteiger partial charge on any atom is 0.304 e. The number of carbonyl (C=O) groups is 1. The molecule has 1 atom stereocenters. The molecule has 1 fully saturated rings. The minimum atomic E-state index is -3.62. The van der Waals surface area contributed by atoms with E-state index in [9.17, 15) is 13.2 Å². The first kappa shape index (κ1) is 14.5. The molecular formula is C12H14BrNO4S. The van der Waals surface area contributed by atoms with Crippen LogP contribution in [0.1, 0.15) is 19.3 Å². The number of carboxylic acids is 1. The van der Waals surface area contributed by atoms with Crippen LogP contribution in [0.5, 0.6) is 0 Å². The van der Waals surface area contributed by atoms with Crippen LogP contribution in [0.25, 0.3) is 0 Å². The van der Waals surface area contributed by atoms with Crippen molar-refractivity contribution >= 4 is 31.9 Å². The van der Waals surface area contributed by atoms with Gasteiger partial charge in [-0.3, -0.25) is 4.79 Å². The highest BCUT2D eigenvalue weighted by Crippen LogP contribution is 2.28. The largest absolute Gasteiger partial charge is 0.481 e. The standard InChI is InChI=1S/C12H14BrNO4S/c13-9-3-1-5-11(7-9)19(17,18)14-6-2-4-10(14)8-12(15)16/h1,3,5,7,10H,2,4,6,8H2,(H,15,16). The van der Waals surface area contributed by atoms with E-state index in [0.29, 0.717) is 23.9 Å². The van der Waals surface area contributed by atoms with Crippen molar-refractivity contribution < 1.29 is 18.3 Å². The lowest BCUT2D eigenvalue weighted by Crippen LogP contribution is -2.36. The Labute approximate surface area is 120 Å². The summed E-state index contributed by atoms with van der Waals surface area (Å²) >= 11 is 3.24. The van der Waals surface area contributed by atoms with Crippen molar-refractivity contribution in [3.8, 4) is 0 Å². The number of carboxylic acid groups (broad SMARTS) is 1. The van der Waals surface area contributed by atoms with Crippen LogP contribution in [-0.4, -0.2) is 36.4 Å². The monoisotopic (exact) mass is 347 g/mol. The van der Waals surface area contributed by atoms with Gasteiger partial charge >= 0.3 is 5.97 Å². The number of sulfonamides is 1. The molecule has 0 amide bonds. The maximum absolute atomic E-state index is 12.5. The molecule has 2 rings (SSSR count). The fourth-order valence-corrected chi connectivity index (χ4v) is 4.58. The Morgan fingerprint density at radius 2 is 2.21 bits per heavy atom. The quantitative estimate of drug-likeness (QED) is 0.904. The van der Waals surface area contributed by atoms with E-state index in [1.54, 1.807) is 12.1 Å². The second kappa shape index (κ2) is 5.60. The molecule has 1 aliphatic rings. The first-order chi connectivity index (χ1) is 8.91. The molecule has 1 unspecified atom stereocenters. The summed E-state index contributed by atoms with van der Waals surface area (Å²) in [7, 11) is -3.62. The van der Waals surface area contributed by atoms with Gasteiger partial charge in [0.15, 0.2) is 0 Å². The van der Waals surface area contributed by atoms with Gasteiger partial charge in [0, 0.05) is 17.1 Å². The number of hydrogen-bond acceptors (Lipinski definition) is 3. The highest BCUT2D eigenvalue weighted by molar-refractivity contribution is 9.10. The van der Waals surface area contributed by atoms with E-state index in [1.165, 1.54) is 16.4 Å². The van der Waals surface area contributed by atoms with Gasteiger partial charge in [0.1, 0.15) is 0 Å². The van der Waals surface area contributed by atoms with Crippen LogP contribution < -0.4 is 0 Å². The van der Waals surface area contributed by atoms with E-state index in [-0.39, 0.29) is 11.3 Å². The third-order valence-corrected chi connectivity index (χ3v) is 5.58. The summed E-state index contributed by atoms with van der Waals surface area (Å²) in [6.07, 6.45) is 1.15. The molecule has 1 N–H and O–H groups in total. The number of hydrogen-bond donors (Lipinski definition) is 1. The normalized spacial score (nSPS) is 20.6. The Balaban J connectivity index is 2.31. The molecule has 1 saturated heterocycles. The van der Waals surface area contributed by atoms with Crippen LogP contribution in [-0.2, 0) is 14.8 Å². The molecule has 0 bridgehead atoms. The van der Waals surface area contributed by atoms with Crippen LogP contribution >= 0.6 is 15.9 Å². The second-order valence-corrected chi connectivity index (χ2v) is 7.27. The molecule has 19 heavy (non-hydrogen) atoms. The van der Waals surface area contributed by atoms with Crippen molar-refractivity contribution in [2.24, 2.45) is 0 Å². The average molecular weight is 348 g/mol. The summed E-state index contributed by atoms with van der Waals surface area (Å²) in [6.45, 7) is 0.382. The van der Waals surface area contributed by atoms with Gasteiger partial charge in [-0.1, -0.05) is 22.0 Å². The lowest BCUT2D eigenvalue weighted by atomic mass is 10.2. The average Bonchev–Trinajstić information content (AvgIpc) is 2.77. The lowest BCUT2D eigenvalue weighted by Gasteiger charge is -2.22. The zero-order valence-corrected chi connectivity index (χ0v) is 12.5. The molecule has 0 saturated carbocycles. The van der Waals surface area contributed by atoms with E-state index < -0.39 is 22.0 Å². The Hall–Kier alpha value is -0.920. The summed E-state index contributed by atoms with van der Waals surface area (Å²) in [6, 6.07) is 6.01. The van der Waals surface area contributed by atoms with Crippen LogP contribution in [0.15, 0.2) is 33.6 Å². The van der Waals surface area contributed by atoms with Gasteiger partial charge in [0.2, 0.25) is 10.0 Å². The number of aliphatic carboxylic acids is 1. The van der Waals surface area contributed by atoms with Gasteiger partial charge in [-0.25, -0.2) is 8.42 Å². The molecule has 1 aromatic carbocycles. The van der Waals surface area contributed by atoms with E-state index in [4.69, 9.17) is 5.11 Å². The van der Waals surface area contributed by atoms with Crippen molar-refractivity contribution in [3.63, 3.8) is 0 Å². The molecule has 7 heteroatoms. The molecular weight excluding hydrogens is 334 g/mol. The summed E-state index contributed by atoms with van der Waals surface area (Å²) in [5.74, 6) is -0.971. The topological polar surface area (TPSA) is 74.7 Å². The van der Waals surface area contributed by atoms with E-state index in [1.807, 2.05) is 0 Å². The highest BCUT2D eigenvalue weighted by atomic mass is 79.9. The highest BCUT2D eigenvalue weighted by Gasteiger charge is 2.36. The van der Waals surface area contributed by atoms with E-state index in [0.717, 1.165) is 0 Å². The molecule has 1 heterocycles. The predicted molar refractivity (Wildman–Crippen MR) is 73.3 cm³/mol. The summed E-state index contributed by atoms with van der Waals surface area (Å²) < 4.78 is 27.0. The Bertz CT molecular complexity index is 587. The summed E-state index contributed by atoms with van der Waals surface area (Å²) in [5.41, 5.74) is 0. The van der Waals surface area contributed by atoms with Gasteiger partial charge in [-0.15, -0.1) is 0 Å². The third kappa shape index (κ3) is 3.16. The minimum Gasteiger partial charge on any atom is -0.481 e. The summed E-state index contributed by atoms with van der Waals surface area (Å²) in [4.78, 5) is 11.0. The molecule has 0 radical (unpaired) electrons. The van der Waals surface area contributed by atoms with Crippen molar-refractivity contribution in [2.45, 2.75) is 30.2 Å². The SMILES string of the molecule is O=C(O)CC1CCCN1S(=O)(=O)c1cccc(Br)c1. The van der Waals surface area contributed by atoms with Gasteiger partial charge in [-0.2, -0.15) is 4.31 Å². The molecule has 0 aliphatic carbocycles. The zero-order valence-electron chi connectivity index (χ0n) is 10.1. The second-order valence-electron chi connectivity index (χ2n) is 4.47. The molecule has 104 valence electrons. The number of halogens is 1. The van der Waals surface area contributed by atoms with Crippen molar-refractivity contribution in [1.82, 2.24) is 4.31 Å². The molecule has 1 aliphatic heterocycles. The third-order valence-electron chi connectivity index (χ3n) is 3.14. The van der Waals surface area contributed by atoms with Gasteiger partial charge in [0.05, 0.1) is 11.3 Å². The smallest absolute Gasteiger partial charge is 0.304 e. The minimum absolute atomic E-state index is 0.146. The molecule has 0 aromatic heterocycles. The van der Waals surface area contributed by atoms with E-state index in [2.05, 4.69) is 15.9 Å². The number of rotatable bonds is 4. The fraction of sp³-hybridized carbons (Fsp3) is 0.417. The molecule has 0 spiro atoms. The first-order valence-electron chi connectivity index (χ1n) is 5.90. The van der Waals surface area contributed by atoms with Crippen LogP contribution in [0.2, 0.25) is 0 Å². The molecule has 1 aromatic rings. The lowest BCUT2D eigenvalue weighted by molar-refractivity contribution is -0.137. The zero-order chi connectivity index (χ0) is 14.0. The summed E-state index contributed by atoms with van der Waals surface area (Å²) in [5, 5.41) is 8.84. The number of nitrogens with zero attached hydrogens (tertiary/aromatic N) is 1. The van der Waals surface area contributed by atoms with Gasteiger partial charge in [0.25, 0.3) is 0 Å². The Morgan fingerprint density at radius 1 is 1.47 bits per heavy atom. The van der Waals surface area contributed by atoms with Gasteiger partial charge in [-0.05, 0) is 31.0 Å².